The van der Waals surface area contributed by atoms with Crippen LogP contribution in [-0.4, -0.2) is 63.3 Å². The maximum atomic E-state index is 12.6. The van der Waals surface area contributed by atoms with Crippen LogP contribution in [0.1, 0.15) is 10.4 Å². The minimum Gasteiger partial charge on any atom is -0.496 e. The monoisotopic (exact) mass is 423 g/mol. The minimum atomic E-state index is 0.0863. The van der Waals surface area contributed by atoms with Crippen LogP contribution in [0, 0.1) is 4.77 Å². The molecule has 1 aliphatic heterocycles. The first-order valence-corrected chi connectivity index (χ1v) is 10.3. The first-order valence-electron chi connectivity index (χ1n) is 9.92. The van der Waals surface area contributed by atoms with E-state index in [1.54, 1.807) is 7.11 Å². The third-order valence-electron chi connectivity index (χ3n) is 5.40. The number of para-hydroxylation sites is 1. The van der Waals surface area contributed by atoms with Crippen molar-refractivity contribution in [2.75, 3.05) is 33.3 Å². The summed E-state index contributed by atoms with van der Waals surface area (Å²) in [7, 11) is 3.57. The van der Waals surface area contributed by atoms with Gasteiger partial charge in [-0.25, -0.2) is 4.68 Å². The van der Waals surface area contributed by atoms with Crippen molar-refractivity contribution in [1.82, 2.24) is 24.1 Å². The van der Waals surface area contributed by atoms with Gasteiger partial charge in [0.2, 0.25) is 0 Å². The van der Waals surface area contributed by atoms with Crippen LogP contribution in [0.2, 0.25) is 0 Å². The fourth-order valence-electron chi connectivity index (χ4n) is 3.69. The number of amides is 1. The standard InChI is InChI=1S/C22H25N5O2S/c1-24-20(18-10-6-7-11-19(18)29-2)23-27(22(24)30)16-25-12-14-26(15-13-25)21(28)17-8-4-3-5-9-17/h3-11H,12-16H2,1-2H3. The van der Waals surface area contributed by atoms with Crippen LogP contribution in [0.3, 0.4) is 0 Å². The average Bonchev–Trinajstić information content (AvgIpc) is 3.08. The summed E-state index contributed by atoms with van der Waals surface area (Å²) in [6, 6.07) is 17.2. The number of hydrogen-bond acceptors (Lipinski definition) is 5. The quantitative estimate of drug-likeness (QED) is 0.591. The predicted molar refractivity (Wildman–Crippen MR) is 118 cm³/mol. The molecular weight excluding hydrogens is 398 g/mol. The number of carbonyl (C=O) groups is 1. The lowest BCUT2D eigenvalue weighted by atomic mass is 10.2. The van der Waals surface area contributed by atoms with Gasteiger partial charge in [0.05, 0.1) is 19.3 Å². The van der Waals surface area contributed by atoms with Gasteiger partial charge in [-0.2, -0.15) is 5.10 Å². The largest absolute Gasteiger partial charge is 0.496 e. The first-order chi connectivity index (χ1) is 14.6. The highest BCUT2D eigenvalue weighted by molar-refractivity contribution is 7.71. The molecule has 0 aliphatic carbocycles. The van der Waals surface area contributed by atoms with Gasteiger partial charge in [0.15, 0.2) is 10.6 Å². The van der Waals surface area contributed by atoms with Gasteiger partial charge in [-0.3, -0.25) is 9.69 Å². The Balaban J connectivity index is 1.45. The Kier molecular flexibility index (Phi) is 5.96. The van der Waals surface area contributed by atoms with Gasteiger partial charge in [0.25, 0.3) is 5.91 Å². The number of carbonyl (C=O) groups excluding carboxylic acids is 1. The third-order valence-corrected chi connectivity index (χ3v) is 5.89. The summed E-state index contributed by atoms with van der Waals surface area (Å²) < 4.78 is 9.88. The number of methoxy groups -OCH3 is 1. The maximum Gasteiger partial charge on any atom is 0.253 e. The van der Waals surface area contributed by atoms with Crippen molar-refractivity contribution in [2.24, 2.45) is 7.05 Å². The highest BCUT2D eigenvalue weighted by Crippen LogP contribution is 2.28. The Bertz CT molecular complexity index is 1080. The Morgan fingerprint density at radius 3 is 2.40 bits per heavy atom. The molecule has 3 aromatic rings. The van der Waals surface area contributed by atoms with E-state index >= 15 is 0 Å². The molecule has 0 spiro atoms. The fourth-order valence-corrected chi connectivity index (χ4v) is 3.87. The number of aromatic nitrogens is 3. The third kappa shape index (κ3) is 4.01. The lowest BCUT2D eigenvalue weighted by Crippen LogP contribution is -2.49. The molecule has 0 bridgehead atoms. The van der Waals surface area contributed by atoms with Crippen molar-refractivity contribution in [3.05, 3.63) is 64.9 Å². The molecule has 8 heteroatoms. The Morgan fingerprint density at radius 2 is 1.70 bits per heavy atom. The zero-order valence-electron chi connectivity index (χ0n) is 17.2. The fraction of sp³-hybridized carbons (Fsp3) is 0.318. The second kappa shape index (κ2) is 8.81. The van der Waals surface area contributed by atoms with E-state index in [0.717, 1.165) is 35.8 Å². The van der Waals surface area contributed by atoms with E-state index in [1.807, 2.05) is 75.8 Å². The van der Waals surface area contributed by atoms with E-state index < -0.39 is 0 Å². The normalized spacial score (nSPS) is 14.7. The zero-order valence-corrected chi connectivity index (χ0v) is 18.0. The molecule has 1 fully saturated rings. The summed E-state index contributed by atoms with van der Waals surface area (Å²) in [4.78, 5) is 16.8. The van der Waals surface area contributed by atoms with E-state index in [1.165, 1.54) is 0 Å². The Morgan fingerprint density at radius 1 is 1.03 bits per heavy atom. The summed E-state index contributed by atoms with van der Waals surface area (Å²) in [6.45, 7) is 3.53. The topological polar surface area (TPSA) is 55.5 Å². The van der Waals surface area contributed by atoms with Crippen molar-refractivity contribution in [1.29, 1.82) is 0 Å². The molecule has 2 heterocycles. The number of hydrogen-bond donors (Lipinski definition) is 0. The lowest BCUT2D eigenvalue weighted by Gasteiger charge is -2.34. The van der Waals surface area contributed by atoms with Crippen molar-refractivity contribution in [3.8, 4) is 17.1 Å². The van der Waals surface area contributed by atoms with Crippen molar-refractivity contribution >= 4 is 18.1 Å². The van der Waals surface area contributed by atoms with Crippen molar-refractivity contribution < 1.29 is 9.53 Å². The molecule has 30 heavy (non-hydrogen) atoms. The molecule has 0 N–H and O–H groups in total. The maximum absolute atomic E-state index is 12.6. The van der Waals surface area contributed by atoms with Gasteiger partial charge in [0, 0.05) is 38.8 Å². The molecular formula is C22H25N5O2S. The van der Waals surface area contributed by atoms with Crippen LogP contribution in [0.15, 0.2) is 54.6 Å². The Labute approximate surface area is 181 Å². The molecule has 0 unspecified atom stereocenters. The molecule has 156 valence electrons. The smallest absolute Gasteiger partial charge is 0.253 e. The molecule has 1 aromatic heterocycles. The molecule has 0 saturated carbocycles. The van der Waals surface area contributed by atoms with E-state index in [9.17, 15) is 4.79 Å². The van der Waals surface area contributed by atoms with Gasteiger partial charge in [0.1, 0.15) is 5.75 Å². The van der Waals surface area contributed by atoms with Crippen LogP contribution in [0.25, 0.3) is 11.4 Å². The molecule has 4 rings (SSSR count). The van der Waals surface area contributed by atoms with Crippen LogP contribution < -0.4 is 4.74 Å². The number of benzene rings is 2. The van der Waals surface area contributed by atoms with E-state index in [2.05, 4.69) is 4.90 Å². The van der Waals surface area contributed by atoms with Gasteiger partial charge < -0.3 is 14.2 Å². The number of piperazine rings is 1. The van der Waals surface area contributed by atoms with Gasteiger partial charge in [-0.1, -0.05) is 30.3 Å². The summed E-state index contributed by atoms with van der Waals surface area (Å²) in [5.74, 6) is 1.62. The summed E-state index contributed by atoms with van der Waals surface area (Å²) >= 11 is 5.62. The molecule has 1 saturated heterocycles. The van der Waals surface area contributed by atoms with Crippen molar-refractivity contribution in [3.63, 3.8) is 0 Å². The number of nitrogens with zero attached hydrogens (tertiary/aromatic N) is 5. The molecule has 1 aliphatic rings. The Hall–Kier alpha value is -2.97. The average molecular weight is 424 g/mol. The van der Waals surface area contributed by atoms with E-state index in [0.29, 0.717) is 24.5 Å². The highest BCUT2D eigenvalue weighted by atomic mass is 32.1. The second-order valence-electron chi connectivity index (χ2n) is 7.28. The highest BCUT2D eigenvalue weighted by Gasteiger charge is 2.23. The lowest BCUT2D eigenvalue weighted by molar-refractivity contribution is 0.0585. The first kappa shape index (κ1) is 20.3. The second-order valence-corrected chi connectivity index (χ2v) is 7.65. The number of ether oxygens (including phenoxy) is 1. The van der Waals surface area contributed by atoms with Crippen LogP contribution >= 0.6 is 12.2 Å². The van der Waals surface area contributed by atoms with Crippen LogP contribution in [0.4, 0.5) is 0 Å². The van der Waals surface area contributed by atoms with Gasteiger partial charge in [-0.05, 0) is 36.5 Å². The number of rotatable bonds is 5. The molecule has 0 radical (unpaired) electrons. The van der Waals surface area contributed by atoms with E-state index in [-0.39, 0.29) is 5.91 Å². The SMILES string of the molecule is COc1ccccc1-c1nn(CN2CCN(C(=O)c3ccccc3)CC2)c(=S)n1C. The van der Waals surface area contributed by atoms with Gasteiger partial charge >= 0.3 is 0 Å². The molecule has 2 aromatic carbocycles. The summed E-state index contributed by atoms with van der Waals surface area (Å²) in [6.07, 6.45) is 0. The van der Waals surface area contributed by atoms with Crippen LogP contribution in [0.5, 0.6) is 5.75 Å². The summed E-state index contributed by atoms with van der Waals surface area (Å²) in [5, 5.41) is 4.76. The molecule has 1 amide bonds. The summed E-state index contributed by atoms with van der Waals surface area (Å²) in [5.41, 5.74) is 1.64. The molecule has 7 nitrogen and oxygen atoms in total. The van der Waals surface area contributed by atoms with Gasteiger partial charge in [-0.15, -0.1) is 0 Å². The predicted octanol–water partition coefficient (Wildman–Crippen LogP) is 3.04. The molecule has 0 atom stereocenters. The van der Waals surface area contributed by atoms with Crippen molar-refractivity contribution in [2.45, 2.75) is 6.67 Å². The minimum absolute atomic E-state index is 0.0863. The van der Waals surface area contributed by atoms with Crippen LogP contribution in [-0.2, 0) is 13.7 Å². The zero-order chi connectivity index (χ0) is 21.1. The van der Waals surface area contributed by atoms with E-state index in [4.69, 9.17) is 22.1 Å².